The Morgan fingerprint density at radius 2 is 2.31 bits per heavy atom. The van der Waals surface area contributed by atoms with Crippen molar-refractivity contribution >= 4 is 5.91 Å². The van der Waals surface area contributed by atoms with E-state index in [0.717, 1.165) is 19.5 Å². The Balaban J connectivity index is 2.49. The second-order valence-electron chi connectivity index (χ2n) is 3.78. The lowest BCUT2D eigenvalue weighted by Gasteiger charge is -2.13. The monoisotopic (exact) mass is 180 g/mol. The number of nitrogens with zero attached hydrogens (tertiary/aromatic N) is 2. The molecule has 1 aliphatic heterocycles. The minimum Gasteiger partial charge on any atom is -0.341 e. The zero-order valence-corrected chi connectivity index (χ0v) is 8.29. The predicted octanol–water partition coefficient (Wildman–Crippen LogP) is 1.40. The van der Waals surface area contributed by atoms with Gasteiger partial charge < -0.3 is 4.90 Å². The largest absolute Gasteiger partial charge is 0.341 e. The van der Waals surface area contributed by atoms with Crippen LogP contribution in [0.15, 0.2) is 0 Å². The second kappa shape index (κ2) is 4.27. The molecule has 1 saturated heterocycles. The first-order valence-electron chi connectivity index (χ1n) is 4.83. The van der Waals surface area contributed by atoms with Gasteiger partial charge in [-0.2, -0.15) is 5.26 Å². The van der Waals surface area contributed by atoms with Crippen LogP contribution >= 0.6 is 0 Å². The normalized spacial score (nSPS) is 27.3. The van der Waals surface area contributed by atoms with E-state index in [0.29, 0.717) is 11.8 Å². The van der Waals surface area contributed by atoms with Crippen molar-refractivity contribution in [1.82, 2.24) is 4.90 Å². The summed E-state index contributed by atoms with van der Waals surface area (Å²) in [5.74, 6) is 1.21. The summed E-state index contributed by atoms with van der Waals surface area (Å²) in [6.45, 7) is 6.00. The van der Waals surface area contributed by atoms with E-state index in [1.54, 1.807) is 0 Å². The van der Waals surface area contributed by atoms with Gasteiger partial charge in [0.05, 0.1) is 6.07 Å². The van der Waals surface area contributed by atoms with Gasteiger partial charge in [-0.1, -0.05) is 20.3 Å². The molecule has 1 heterocycles. The van der Waals surface area contributed by atoms with Crippen LogP contribution in [0.25, 0.3) is 0 Å². The zero-order chi connectivity index (χ0) is 9.84. The van der Waals surface area contributed by atoms with Crippen molar-refractivity contribution in [3.8, 4) is 6.07 Å². The smallest absolute Gasteiger partial charge is 0.236 e. The molecule has 0 aliphatic carbocycles. The number of hydrogen-bond acceptors (Lipinski definition) is 2. The number of nitriles is 1. The Hall–Kier alpha value is -1.04. The van der Waals surface area contributed by atoms with Gasteiger partial charge in [-0.3, -0.25) is 4.79 Å². The lowest BCUT2D eigenvalue weighted by molar-refractivity contribution is -0.129. The maximum absolute atomic E-state index is 11.4. The third-order valence-corrected chi connectivity index (χ3v) is 2.88. The SMILES string of the molecule is CC[C@H]1CN(C(=O)CC#N)C[C@H]1C. The minimum absolute atomic E-state index is 0.00898. The molecule has 0 unspecified atom stereocenters. The van der Waals surface area contributed by atoms with E-state index in [1.165, 1.54) is 0 Å². The first-order valence-corrected chi connectivity index (χ1v) is 4.83. The third-order valence-electron chi connectivity index (χ3n) is 2.88. The van der Waals surface area contributed by atoms with E-state index in [1.807, 2.05) is 11.0 Å². The maximum atomic E-state index is 11.4. The summed E-state index contributed by atoms with van der Waals surface area (Å²) >= 11 is 0. The van der Waals surface area contributed by atoms with Crippen LogP contribution in [-0.2, 0) is 4.79 Å². The van der Waals surface area contributed by atoms with Gasteiger partial charge in [0, 0.05) is 13.1 Å². The molecule has 0 aromatic rings. The van der Waals surface area contributed by atoms with Gasteiger partial charge >= 0.3 is 0 Å². The molecule has 0 radical (unpaired) electrons. The molecule has 1 fully saturated rings. The molecule has 1 rings (SSSR count). The number of carbonyl (C=O) groups excluding carboxylic acids is 1. The molecule has 0 saturated carbocycles. The Morgan fingerprint density at radius 1 is 1.62 bits per heavy atom. The van der Waals surface area contributed by atoms with Gasteiger partial charge in [-0.05, 0) is 11.8 Å². The summed E-state index contributed by atoms with van der Waals surface area (Å²) in [4.78, 5) is 13.2. The van der Waals surface area contributed by atoms with E-state index >= 15 is 0 Å². The highest BCUT2D eigenvalue weighted by molar-refractivity contribution is 5.78. The fraction of sp³-hybridized carbons (Fsp3) is 0.800. The van der Waals surface area contributed by atoms with E-state index in [2.05, 4.69) is 13.8 Å². The summed E-state index contributed by atoms with van der Waals surface area (Å²) < 4.78 is 0. The summed E-state index contributed by atoms with van der Waals surface area (Å²) in [5, 5.41) is 8.39. The maximum Gasteiger partial charge on any atom is 0.236 e. The molecule has 0 bridgehead atoms. The van der Waals surface area contributed by atoms with Crippen molar-refractivity contribution in [3.63, 3.8) is 0 Å². The van der Waals surface area contributed by atoms with Gasteiger partial charge in [-0.25, -0.2) is 0 Å². The van der Waals surface area contributed by atoms with Crippen LogP contribution in [0.3, 0.4) is 0 Å². The first-order chi connectivity index (χ1) is 6.19. The van der Waals surface area contributed by atoms with Crippen molar-refractivity contribution in [2.45, 2.75) is 26.7 Å². The van der Waals surface area contributed by atoms with Crippen molar-refractivity contribution in [1.29, 1.82) is 5.26 Å². The molecule has 2 atom stereocenters. The Bertz CT molecular complexity index is 232. The number of amides is 1. The Kier molecular flexibility index (Phi) is 3.30. The Labute approximate surface area is 79.3 Å². The molecule has 72 valence electrons. The van der Waals surface area contributed by atoms with Crippen LogP contribution in [0.1, 0.15) is 26.7 Å². The van der Waals surface area contributed by atoms with Crippen molar-refractivity contribution in [2.24, 2.45) is 11.8 Å². The molecule has 0 N–H and O–H groups in total. The van der Waals surface area contributed by atoms with Crippen LogP contribution in [0.2, 0.25) is 0 Å². The second-order valence-corrected chi connectivity index (χ2v) is 3.78. The zero-order valence-electron chi connectivity index (χ0n) is 8.29. The summed E-state index contributed by atoms with van der Waals surface area (Å²) in [7, 11) is 0. The van der Waals surface area contributed by atoms with Gasteiger partial charge in [-0.15, -0.1) is 0 Å². The highest BCUT2D eigenvalue weighted by Crippen LogP contribution is 2.25. The molecule has 0 aromatic carbocycles. The van der Waals surface area contributed by atoms with Gasteiger partial charge in [0.25, 0.3) is 0 Å². The number of likely N-dealkylation sites (tertiary alicyclic amines) is 1. The first kappa shape index (κ1) is 10.0. The molecule has 0 aromatic heterocycles. The molecule has 13 heavy (non-hydrogen) atoms. The van der Waals surface area contributed by atoms with Crippen LogP contribution in [0.5, 0.6) is 0 Å². The summed E-state index contributed by atoms with van der Waals surface area (Å²) in [6.07, 6.45) is 1.15. The lowest BCUT2D eigenvalue weighted by Crippen LogP contribution is -2.28. The average Bonchev–Trinajstić information content (AvgIpc) is 2.47. The number of rotatable bonds is 2. The molecule has 3 heteroatoms. The predicted molar refractivity (Wildman–Crippen MR) is 49.8 cm³/mol. The molecular formula is C10H16N2O. The average molecular weight is 180 g/mol. The molecule has 1 amide bonds. The van der Waals surface area contributed by atoms with Gasteiger partial charge in [0.2, 0.25) is 5.91 Å². The van der Waals surface area contributed by atoms with Crippen LogP contribution in [-0.4, -0.2) is 23.9 Å². The molecule has 0 spiro atoms. The van der Waals surface area contributed by atoms with E-state index < -0.39 is 0 Å². The fourth-order valence-electron chi connectivity index (χ4n) is 1.95. The van der Waals surface area contributed by atoms with Crippen LogP contribution in [0, 0.1) is 23.2 Å². The van der Waals surface area contributed by atoms with E-state index in [9.17, 15) is 4.79 Å². The summed E-state index contributed by atoms with van der Waals surface area (Å²) in [6, 6.07) is 1.90. The van der Waals surface area contributed by atoms with Crippen LogP contribution < -0.4 is 0 Å². The van der Waals surface area contributed by atoms with Crippen molar-refractivity contribution < 1.29 is 4.79 Å². The summed E-state index contributed by atoms with van der Waals surface area (Å²) in [5.41, 5.74) is 0. The third kappa shape index (κ3) is 2.21. The topological polar surface area (TPSA) is 44.1 Å². The number of carbonyl (C=O) groups is 1. The standard InChI is InChI=1S/C10H16N2O/c1-3-9-7-12(6-8(9)2)10(13)4-5-11/h8-9H,3-4,6-7H2,1-2H3/t8-,9+/m1/s1. The van der Waals surface area contributed by atoms with E-state index in [-0.39, 0.29) is 12.3 Å². The van der Waals surface area contributed by atoms with Crippen molar-refractivity contribution in [3.05, 3.63) is 0 Å². The van der Waals surface area contributed by atoms with Crippen molar-refractivity contribution in [2.75, 3.05) is 13.1 Å². The van der Waals surface area contributed by atoms with Crippen LogP contribution in [0.4, 0.5) is 0 Å². The highest BCUT2D eigenvalue weighted by atomic mass is 16.2. The lowest BCUT2D eigenvalue weighted by atomic mass is 9.96. The van der Waals surface area contributed by atoms with Gasteiger partial charge in [0.1, 0.15) is 6.42 Å². The number of hydrogen-bond donors (Lipinski definition) is 0. The molecule has 3 nitrogen and oxygen atoms in total. The minimum atomic E-state index is -0.00898. The molecule has 1 aliphatic rings. The fourth-order valence-corrected chi connectivity index (χ4v) is 1.95. The van der Waals surface area contributed by atoms with Gasteiger partial charge in [0.15, 0.2) is 0 Å². The van der Waals surface area contributed by atoms with E-state index in [4.69, 9.17) is 5.26 Å². The molecular weight excluding hydrogens is 164 g/mol. The quantitative estimate of drug-likeness (QED) is 0.644. The highest BCUT2D eigenvalue weighted by Gasteiger charge is 2.30. The Morgan fingerprint density at radius 3 is 2.77 bits per heavy atom.